The standard InChI is InChI=1S/C10H16N4O3S/c1-14(2)10(15)5-6-13-18(16,17)8-3-4-9(11)12-7-8/h3-4,7,13H,5-6H2,1-2H3,(H2,11,12). The van der Waals surface area contributed by atoms with Crippen LogP contribution in [0.1, 0.15) is 6.42 Å². The summed E-state index contributed by atoms with van der Waals surface area (Å²) in [5.74, 6) is 0.102. The molecule has 0 saturated carbocycles. The molecule has 1 aromatic heterocycles. The van der Waals surface area contributed by atoms with Crippen LogP contribution in [0, 0.1) is 0 Å². The van der Waals surface area contributed by atoms with Crippen molar-refractivity contribution < 1.29 is 13.2 Å². The van der Waals surface area contributed by atoms with Gasteiger partial charge in [0.2, 0.25) is 15.9 Å². The van der Waals surface area contributed by atoms with Gasteiger partial charge in [0, 0.05) is 33.3 Å². The first kappa shape index (κ1) is 14.4. The molecule has 3 N–H and O–H groups in total. The Morgan fingerprint density at radius 2 is 2.11 bits per heavy atom. The summed E-state index contributed by atoms with van der Waals surface area (Å²) in [5.41, 5.74) is 5.37. The molecule has 0 aliphatic heterocycles. The van der Waals surface area contributed by atoms with E-state index in [4.69, 9.17) is 5.73 Å². The predicted octanol–water partition coefficient (Wildman–Crippen LogP) is -0.580. The van der Waals surface area contributed by atoms with Crippen LogP contribution in [0.2, 0.25) is 0 Å². The largest absolute Gasteiger partial charge is 0.384 e. The van der Waals surface area contributed by atoms with E-state index in [0.29, 0.717) is 0 Å². The van der Waals surface area contributed by atoms with Crippen molar-refractivity contribution in [3.05, 3.63) is 18.3 Å². The highest BCUT2D eigenvalue weighted by Crippen LogP contribution is 2.08. The van der Waals surface area contributed by atoms with Crippen LogP contribution in [0.5, 0.6) is 0 Å². The molecule has 0 atom stereocenters. The maximum Gasteiger partial charge on any atom is 0.242 e. The molecule has 0 bridgehead atoms. The van der Waals surface area contributed by atoms with Crippen molar-refractivity contribution >= 4 is 21.7 Å². The first-order valence-electron chi connectivity index (χ1n) is 5.24. The summed E-state index contributed by atoms with van der Waals surface area (Å²) in [6, 6.07) is 2.76. The van der Waals surface area contributed by atoms with Gasteiger partial charge >= 0.3 is 0 Å². The zero-order chi connectivity index (χ0) is 13.8. The average molecular weight is 272 g/mol. The third kappa shape index (κ3) is 3.97. The van der Waals surface area contributed by atoms with Crippen LogP contribution in [0.25, 0.3) is 0 Å². The summed E-state index contributed by atoms with van der Waals surface area (Å²) in [7, 11) is -0.414. The fraction of sp³-hybridized carbons (Fsp3) is 0.400. The van der Waals surface area contributed by atoms with Crippen molar-refractivity contribution in [3.8, 4) is 0 Å². The molecular weight excluding hydrogens is 256 g/mol. The Bertz CT molecular complexity index is 510. The Labute approximate surface area is 106 Å². The molecule has 18 heavy (non-hydrogen) atoms. The maximum atomic E-state index is 11.8. The van der Waals surface area contributed by atoms with Crippen molar-refractivity contribution in [1.29, 1.82) is 0 Å². The van der Waals surface area contributed by atoms with E-state index in [-0.39, 0.29) is 29.6 Å². The number of nitrogens with zero attached hydrogens (tertiary/aromatic N) is 2. The molecule has 8 heteroatoms. The molecule has 0 radical (unpaired) electrons. The van der Waals surface area contributed by atoms with Gasteiger partial charge < -0.3 is 10.6 Å². The van der Waals surface area contributed by atoms with E-state index in [1.165, 1.54) is 23.2 Å². The van der Waals surface area contributed by atoms with Crippen LogP contribution >= 0.6 is 0 Å². The van der Waals surface area contributed by atoms with E-state index in [0.717, 1.165) is 0 Å². The fourth-order valence-corrected chi connectivity index (χ4v) is 2.13. The fourth-order valence-electron chi connectivity index (χ4n) is 1.15. The second-order valence-corrected chi connectivity index (χ2v) is 5.62. The van der Waals surface area contributed by atoms with E-state index in [1.54, 1.807) is 14.1 Å². The number of nitrogens with two attached hydrogens (primary N) is 1. The lowest BCUT2D eigenvalue weighted by atomic mass is 10.4. The van der Waals surface area contributed by atoms with Crippen LogP contribution in [0.15, 0.2) is 23.2 Å². The highest BCUT2D eigenvalue weighted by molar-refractivity contribution is 7.89. The first-order chi connectivity index (χ1) is 8.33. The minimum atomic E-state index is -3.64. The van der Waals surface area contributed by atoms with Crippen LogP contribution in [-0.4, -0.2) is 44.8 Å². The van der Waals surface area contributed by atoms with Crippen LogP contribution in [0.4, 0.5) is 5.82 Å². The smallest absolute Gasteiger partial charge is 0.242 e. The van der Waals surface area contributed by atoms with Crippen molar-refractivity contribution in [1.82, 2.24) is 14.6 Å². The number of carbonyl (C=O) groups excluding carboxylic acids is 1. The number of hydrogen-bond acceptors (Lipinski definition) is 5. The zero-order valence-corrected chi connectivity index (χ0v) is 11.1. The summed E-state index contributed by atoms with van der Waals surface area (Å²) in [5, 5.41) is 0. The Balaban J connectivity index is 2.61. The van der Waals surface area contributed by atoms with Crippen molar-refractivity contribution in [2.24, 2.45) is 0 Å². The van der Waals surface area contributed by atoms with Crippen LogP contribution < -0.4 is 10.5 Å². The predicted molar refractivity (Wildman–Crippen MR) is 67.1 cm³/mol. The monoisotopic (exact) mass is 272 g/mol. The van der Waals surface area contributed by atoms with Gasteiger partial charge in [0.25, 0.3) is 0 Å². The molecule has 1 aromatic rings. The number of nitrogen functional groups attached to an aromatic ring is 1. The summed E-state index contributed by atoms with van der Waals surface area (Å²) < 4.78 is 25.9. The number of nitrogens with one attached hydrogen (secondary N) is 1. The quantitative estimate of drug-likeness (QED) is 0.746. The molecule has 0 aliphatic carbocycles. The van der Waals surface area contributed by atoms with Crippen molar-refractivity contribution in [2.75, 3.05) is 26.4 Å². The lowest BCUT2D eigenvalue weighted by molar-refractivity contribution is -0.128. The second-order valence-electron chi connectivity index (χ2n) is 3.85. The number of hydrogen-bond donors (Lipinski definition) is 2. The lowest BCUT2D eigenvalue weighted by Crippen LogP contribution is -2.30. The summed E-state index contributed by atoms with van der Waals surface area (Å²) in [4.78, 5) is 16.4. The molecule has 0 aromatic carbocycles. The van der Waals surface area contributed by atoms with Gasteiger partial charge in [0.1, 0.15) is 10.7 Å². The number of carbonyl (C=O) groups is 1. The molecule has 0 unspecified atom stereocenters. The van der Waals surface area contributed by atoms with Gasteiger partial charge in [-0.15, -0.1) is 0 Å². The number of pyridine rings is 1. The molecule has 1 rings (SSSR count). The number of rotatable bonds is 5. The average Bonchev–Trinajstić information content (AvgIpc) is 2.29. The lowest BCUT2D eigenvalue weighted by Gasteiger charge is -2.10. The Morgan fingerprint density at radius 1 is 1.44 bits per heavy atom. The minimum absolute atomic E-state index is 0.0222. The molecule has 0 aliphatic rings. The van der Waals surface area contributed by atoms with Gasteiger partial charge in [0.05, 0.1) is 0 Å². The highest BCUT2D eigenvalue weighted by atomic mass is 32.2. The van der Waals surface area contributed by atoms with Crippen molar-refractivity contribution in [2.45, 2.75) is 11.3 Å². The maximum absolute atomic E-state index is 11.8. The normalized spacial score (nSPS) is 11.2. The van der Waals surface area contributed by atoms with E-state index in [9.17, 15) is 13.2 Å². The third-order valence-electron chi connectivity index (χ3n) is 2.20. The van der Waals surface area contributed by atoms with Crippen LogP contribution in [0.3, 0.4) is 0 Å². The number of aromatic nitrogens is 1. The Hall–Kier alpha value is -1.67. The van der Waals surface area contributed by atoms with Gasteiger partial charge in [-0.05, 0) is 12.1 Å². The SMILES string of the molecule is CN(C)C(=O)CCNS(=O)(=O)c1ccc(N)nc1. The van der Waals surface area contributed by atoms with Crippen LogP contribution in [-0.2, 0) is 14.8 Å². The Morgan fingerprint density at radius 3 is 2.61 bits per heavy atom. The van der Waals surface area contributed by atoms with Crippen molar-refractivity contribution in [3.63, 3.8) is 0 Å². The Kier molecular flexibility index (Phi) is 4.62. The number of anilines is 1. The summed E-state index contributed by atoms with van der Waals surface area (Å²) in [6.45, 7) is 0.0454. The van der Waals surface area contributed by atoms with E-state index < -0.39 is 10.0 Å². The van der Waals surface area contributed by atoms with Gasteiger partial charge in [-0.1, -0.05) is 0 Å². The van der Waals surface area contributed by atoms with Gasteiger partial charge in [-0.25, -0.2) is 18.1 Å². The van der Waals surface area contributed by atoms with E-state index in [2.05, 4.69) is 9.71 Å². The minimum Gasteiger partial charge on any atom is -0.384 e. The first-order valence-corrected chi connectivity index (χ1v) is 6.72. The molecule has 0 spiro atoms. The number of sulfonamides is 1. The summed E-state index contributed by atoms with van der Waals surface area (Å²) >= 11 is 0. The third-order valence-corrected chi connectivity index (χ3v) is 3.65. The number of amides is 1. The summed E-state index contributed by atoms with van der Waals surface area (Å²) in [6.07, 6.45) is 1.28. The molecule has 100 valence electrons. The van der Waals surface area contributed by atoms with Gasteiger partial charge in [-0.2, -0.15) is 0 Å². The molecule has 7 nitrogen and oxygen atoms in total. The van der Waals surface area contributed by atoms with Gasteiger partial charge in [-0.3, -0.25) is 4.79 Å². The topological polar surface area (TPSA) is 105 Å². The molecule has 0 saturated heterocycles. The van der Waals surface area contributed by atoms with E-state index >= 15 is 0 Å². The van der Waals surface area contributed by atoms with Gasteiger partial charge in [0.15, 0.2) is 0 Å². The molecule has 1 heterocycles. The molecule has 1 amide bonds. The molecule has 0 fully saturated rings. The second kappa shape index (κ2) is 5.78. The molecular formula is C10H16N4O3S. The van der Waals surface area contributed by atoms with E-state index in [1.807, 2.05) is 0 Å². The zero-order valence-electron chi connectivity index (χ0n) is 10.3. The highest BCUT2D eigenvalue weighted by Gasteiger charge is 2.14.